The standard InChI is InChI=1S/C43H60N8O12S3/c1-65(59,60)50-21-17-29(26-50)38(54)46-32(39(55)49-43-47-33(27-64-43)28-10-3-2-4-11-28)18-23-63-22-8-14-35(52)45-19-5-6-24-66(61,62)25-9-20-44-31-13-7-12-30-37(31)42(58)51(41(30)57)34-15-16-36(53)48-40(34)56/h2-4,7,10-13,29,32-34,41,43-44,47,57H,5-6,8-9,14-27H2,1H3,(H,45,52)(H,46,54)(H,49,55)(H,48,53,56)/t29?,32-,33?,34?,41?,43?/m0/s1. The number of sulfonamides is 1. The first-order valence-electron chi connectivity index (χ1n) is 22.3. The summed E-state index contributed by atoms with van der Waals surface area (Å²) >= 11 is 1.54. The first-order chi connectivity index (χ1) is 31.5. The number of rotatable bonds is 24. The van der Waals surface area contributed by atoms with Crippen molar-refractivity contribution in [1.29, 1.82) is 0 Å². The number of fused-ring (bicyclic) bond motifs is 1. The average molecular weight is 977 g/mol. The van der Waals surface area contributed by atoms with E-state index >= 15 is 0 Å². The molecule has 2 aromatic rings. The molecule has 66 heavy (non-hydrogen) atoms. The average Bonchev–Trinajstić information content (AvgIpc) is 4.03. The minimum Gasteiger partial charge on any atom is -0.384 e. The van der Waals surface area contributed by atoms with Gasteiger partial charge in [-0.15, -0.1) is 11.8 Å². The molecule has 0 aromatic heterocycles. The Morgan fingerprint density at radius 3 is 2.45 bits per heavy atom. The summed E-state index contributed by atoms with van der Waals surface area (Å²) in [5.41, 5.74) is 1.63. The smallest absolute Gasteiger partial charge is 0.259 e. The molecule has 0 saturated carbocycles. The van der Waals surface area contributed by atoms with Crippen LogP contribution in [-0.2, 0) is 48.6 Å². The molecule has 3 fully saturated rings. The molecular formula is C43H60N8O12S3. The van der Waals surface area contributed by atoms with Gasteiger partial charge in [0.2, 0.25) is 39.6 Å². The number of sulfone groups is 1. The van der Waals surface area contributed by atoms with Crippen LogP contribution < -0.4 is 31.9 Å². The van der Waals surface area contributed by atoms with E-state index in [-0.39, 0.29) is 99.5 Å². The number of hydrogen-bond donors (Lipinski definition) is 7. The zero-order valence-corrected chi connectivity index (χ0v) is 39.3. The van der Waals surface area contributed by atoms with Crippen molar-refractivity contribution in [3.8, 4) is 0 Å². The van der Waals surface area contributed by atoms with E-state index in [1.807, 2.05) is 30.3 Å². The predicted octanol–water partition coefficient (Wildman–Crippen LogP) is 0.482. The lowest BCUT2D eigenvalue weighted by atomic mass is 10.0. The molecule has 2 aromatic carbocycles. The number of piperidine rings is 1. The number of nitrogens with zero attached hydrogens (tertiary/aromatic N) is 2. The molecule has 5 unspecified atom stereocenters. The van der Waals surface area contributed by atoms with Crippen molar-refractivity contribution < 1.29 is 55.4 Å². The van der Waals surface area contributed by atoms with Crippen molar-refractivity contribution in [3.05, 3.63) is 65.2 Å². The Balaban J connectivity index is 0.844. The lowest BCUT2D eigenvalue weighted by molar-refractivity contribution is -0.139. The quantitative estimate of drug-likeness (QED) is 0.0557. The molecule has 6 rings (SSSR count). The van der Waals surface area contributed by atoms with Crippen LogP contribution in [0.2, 0.25) is 0 Å². The summed E-state index contributed by atoms with van der Waals surface area (Å²) in [7, 11) is -6.86. The third kappa shape index (κ3) is 14.0. The molecule has 0 spiro atoms. The third-order valence-electron chi connectivity index (χ3n) is 11.9. The molecule has 6 amide bonds. The number of anilines is 1. The van der Waals surface area contributed by atoms with Gasteiger partial charge in [0.1, 0.15) is 27.4 Å². The number of nitrogens with one attached hydrogen (secondary N) is 6. The van der Waals surface area contributed by atoms with E-state index in [4.69, 9.17) is 4.74 Å². The number of benzene rings is 2. The van der Waals surface area contributed by atoms with Crippen LogP contribution in [0.5, 0.6) is 0 Å². The molecule has 362 valence electrons. The number of thioether (sulfide) groups is 1. The Kier molecular flexibility index (Phi) is 18.0. The maximum Gasteiger partial charge on any atom is 0.259 e. The van der Waals surface area contributed by atoms with Gasteiger partial charge in [0.15, 0.2) is 6.23 Å². The van der Waals surface area contributed by atoms with Crippen LogP contribution in [-0.4, -0.2) is 147 Å². The van der Waals surface area contributed by atoms with Gasteiger partial charge in [-0.2, -0.15) is 0 Å². The minimum atomic E-state index is -3.45. The number of carbonyl (C=O) groups excluding carboxylic acids is 6. The number of aliphatic hydroxyl groups excluding tert-OH is 1. The molecule has 0 aliphatic carbocycles. The maximum absolute atomic E-state index is 13.5. The summed E-state index contributed by atoms with van der Waals surface area (Å²) in [5, 5.41) is 28.1. The molecule has 3 saturated heterocycles. The summed E-state index contributed by atoms with van der Waals surface area (Å²) in [5.74, 6) is -2.69. The van der Waals surface area contributed by atoms with Gasteiger partial charge in [-0.3, -0.25) is 44.3 Å². The summed E-state index contributed by atoms with van der Waals surface area (Å²) < 4.78 is 56.5. The Labute approximate surface area is 389 Å². The van der Waals surface area contributed by atoms with Crippen LogP contribution in [0.1, 0.15) is 91.5 Å². The number of imide groups is 1. The van der Waals surface area contributed by atoms with Crippen LogP contribution >= 0.6 is 11.8 Å². The molecule has 4 heterocycles. The van der Waals surface area contributed by atoms with E-state index in [1.54, 1.807) is 18.2 Å². The monoisotopic (exact) mass is 976 g/mol. The lowest BCUT2D eigenvalue weighted by Crippen LogP contribution is -2.53. The Morgan fingerprint density at radius 2 is 1.71 bits per heavy atom. The van der Waals surface area contributed by atoms with Crippen LogP contribution in [0.25, 0.3) is 0 Å². The topological polar surface area (TPSA) is 279 Å². The Morgan fingerprint density at radius 1 is 0.939 bits per heavy atom. The van der Waals surface area contributed by atoms with Gasteiger partial charge < -0.3 is 31.1 Å². The second kappa shape index (κ2) is 23.4. The van der Waals surface area contributed by atoms with Gasteiger partial charge in [-0.1, -0.05) is 42.5 Å². The molecule has 0 radical (unpaired) electrons. The summed E-state index contributed by atoms with van der Waals surface area (Å²) in [6.45, 7) is 1.14. The fraction of sp³-hybridized carbons (Fsp3) is 0.581. The molecule has 4 aliphatic rings. The maximum atomic E-state index is 13.5. The molecule has 23 heteroatoms. The predicted molar refractivity (Wildman–Crippen MR) is 246 cm³/mol. The van der Waals surface area contributed by atoms with E-state index in [9.17, 15) is 50.7 Å². The molecular weight excluding hydrogens is 917 g/mol. The van der Waals surface area contributed by atoms with Gasteiger partial charge in [0, 0.05) is 75.3 Å². The normalized spacial score (nSPS) is 22.7. The molecule has 6 atom stereocenters. The zero-order valence-electron chi connectivity index (χ0n) is 36.9. The van der Waals surface area contributed by atoms with Crippen LogP contribution in [0.3, 0.4) is 0 Å². The highest BCUT2D eigenvalue weighted by Gasteiger charge is 2.45. The summed E-state index contributed by atoms with van der Waals surface area (Å²) in [6, 6.07) is 12.8. The van der Waals surface area contributed by atoms with Crippen molar-refractivity contribution in [2.45, 2.75) is 87.6 Å². The first-order valence-corrected chi connectivity index (χ1v) is 27.0. The van der Waals surface area contributed by atoms with Crippen molar-refractivity contribution in [1.82, 2.24) is 35.8 Å². The summed E-state index contributed by atoms with van der Waals surface area (Å²) in [6.07, 6.45) is 1.98. The van der Waals surface area contributed by atoms with E-state index in [0.717, 1.165) is 22.5 Å². The van der Waals surface area contributed by atoms with Crippen molar-refractivity contribution in [2.24, 2.45) is 5.92 Å². The van der Waals surface area contributed by atoms with Gasteiger partial charge in [0.05, 0.1) is 29.2 Å². The van der Waals surface area contributed by atoms with Gasteiger partial charge in [-0.25, -0.2) is 21.1 Å². The van der Waals surface area contributed by atoms with Crippen molar-refractivity contribution >= 4 is 72.8 Å². The Bertz CT molecular complexity index is 2310. The molecule has 20 nitrogen and oxygen atoms in total. The van der Waals surface area contributed by atoms with Gasteiger partial charge in [-0.05, 0) is 56.6 Å². The highest BCUT2D eigenvalue weighted by molar-refractivity contribution is 8.00. The summed E-state index contributed by atoms with van der Waals surface area (Å²) in [4.78, 5) is 77.6. The number of unbranched alkanes of at least 4 members (excludes halogenated alkanes) is 1. The van der Waals surface area contributed by atoms with Crippen molar-refractivity contribution in [3.63, 3.8) is 0 Å². The SMILES string of the molecule is CS(=O)(=O)N1CCC(C(=O)N[C@@H](CCOCCCC(=O)NCCCCS(=O)(=O)CCCNc2cccc3c2C(=O)N(C2CCC(=O)NC2=O)C3O)C(=O)NC2NC(c3ccccc3)CS2)C1. The van der Waals surface area contributed by atoms with E-state index in [2.05, 4.69) is 31.9 Å². The fourth-order valence-corrected chi connectivity index (χ4v) is 11.8. The van der Waals surface area contributed by atoms with Crippen LogP contribution in [0.4, 0.5) is 5.69 Å². The van der Waals surface area contributed by atoms with Crippen LogP contribution in [0.15, 0.2) is 48.5 Å². The van der Waals surface area contributed by atoms with Gasteiger partial charge in [0.25, 0.3) is 5.91 Å². The molecule has 4 aliphatic heterocycles. The second-order valence-corrected chi connectivity index (χ2v) is 22.3. The lowest BCUT2D eigenvalue weighted by Gasteiger charge is -2.31. The number of amides is 6. The Hall–Kier alpha value is -4.65. The van der Waals surface area contributed by atoms with E-state index in [1.165, 1.54) is 16.1 Å². The largest absolute Gasteiger partial charge is 0.384 e. The highest BCUT2D eigenvalue weighted by atomic mass is 32.2. The second-order valence-electron chi connectivity index (χ2n) is 16.8. The number of hydrogen-bond acceptors (Lipinski definition) is 15. The van der Waals surface area contributed by atoms with Gasteiger partial charge >= 0.3 is 0 Å². The van der Waals surface area contributed by atoms with Crippen LogP contribution in [0, 0.1) is 5.92 Å². The first kappa shape index (κ1) is 50.8. The number of carbonyl (C=O) groups is 6. The number of aliphatic hydroxyl groups is 1. The fourth-order valence-electron chi connectivity index (χ4n) is 8.30. The highest BCUT2D eigenvalue weighted by Crippen LogP contribution is 2.39. The van der Waals surface area contributed by atoms with Crippen molar-refractivity contribution in [2.75, 3.05) is 68.2 Å². The molecule has 7 N–H and O–H groups in total. The number of ether oxygens (including phenoxy) is 1. The zero-order chi connectivity index (χ0) is 47.4. The minimum absolute atomic E-state index is 0.0412. The van der Waals surface area contributed by atoms with E-state index < -0.39 is 73.6 Å². The third-order valence-corrected chi connectivity index (χ3v) is 16.1. The molecule has 0 bridgehead atoms. The van der Waals surface area contributed by atoms with E-state index in [0.29, 0.717) is 43.5 Å².